The molecule has 120 valence electrons. The van der Waals surface area contributed by atoms with Crippen molar-refractivity contribution in [3.8, 4) is 0 Å². The van der Waals surface area contributed by atoms with E-state index in [-0.39, 0.29) is 10.8 Å². The number of carbonyl (C=O) groups excluding carboxylic acids is 1. The zero-order valence-corrected chi connectivity index (χ0v) is 15.3. The van der Waals surface area contributed by atoms with E-state index >= 15 is 0 Å². The third-order valence-corrected chi connectivity index (χ3v) is 4.40. The van der Waals surface area contributed by atoms with E-state index in [1.807, 2.05) is 0 Å². The Hall–Kier alpha value is -0.330. The van der Waals surface area contributed by atoms with Gasteiger partial charge in [0.2, 0.25) is 0 Å². The fraction of sp³-hybridized carbons (Fsp3) is 0.947. The summed E-state index contributed by atoms with van der Waals surface area (Å²) in [6.45, 7) is 17.6. The molecule has 0 aromatic rings. The molecule has 0 N–H and O–H groups in total. The minimum absolute atomic E-state index is 0.170. The summed E-state index contributed by atoms with van der Waals surface area (Å²) in [6, 6.07) is 0. The van der Waals surface area contributed by atoms with Crippen LogP contribution in [0.25, 0.3) is 0 Å². The zero-order chi connectivity index (χ0) is 16.0. The number of rotatable bonds is 10. The normalized spacial score (nSPS) is 13.3. The second kappa shape index (κ2) is 8.20. The minimum atomic E-state index is -0.170. The highest BCUT2D eigenvalue weighted by Crippen LogP contribution is 2.37. The highest BCUT2D eigenvalue weighted by Gasteiger charge is 2.38. The zero-order valence-electron chi connectivity index (χ0n) is 15.3. The van der Waals surface area contributed by atoms with Crippen LogP contribution < -0.4 is 0 Å². The molecule has 0 saturated carbocycles. The summed E-state index contributed by atoms with van der Waals surface area (Å²) >= 11 is 0. The first-order chi connectivity index (χ1) is 8.99. The third-order valence-electron chi connectivity index (χ3n) is 4.40. The molecule has 1 heteroatoms. The van der Waals surface area contributed by atoms with Gasteiger partial charge in [-0.2, -0.15) is 0 Å². The Bertz CT molecular complexity index is 256. The van der Waals surface area contributed by atoms with E-state index in [9.17, 15) is 4.79 Å². The van der Waals surface area contributed by atoms with Crippen molar-refractivity contribution >= 4 is 5.78 Å². The Kier molecular flexibility index (Phi) is 8.06. The lowest BCUT2D eigenvalue weighted by atomic mass is 9.69. The lowest BCUT2D eigenvalue weighted by Crippen LogP contribution is -2.37. The summed E-state index contributed by atoms with van der Waals surface area (Å²) in [5.74, 6) is 1.93. The van der Waals surface area contributed by atoms with Gasteiger partial charge in [-0.1, -0.05) is 81.1 Å². The molecule has 0 bridgehead atoms. The molecule has 0 rings (SSSR count). The average Bonchev–Trinajstić information content (AvgIpc) is 2.26. The van der Waals surface area contributed by atoms with Crippen LogP contribution in [0, 0.1) is 22.7 Å². The third kappa shape index (κ3) is 7.45. The first-order valence-corrected chi connectivity index (χ1v) is 8.54. The summed E-state index contributed by atoms with van der Waals surface area (Å²) in [5.41, 5.74) is -0.341. The van der Waals surface area contributed by atoms with Gasteiger partial charge in [-0.25, -0.2) is 0 Å². The Morgan fingerprint density at radius 2 is 1.05 bits per heavy atom. The number of ketones is 1. The molecule has 0 unspecified atom stereocenters. The monoisotopic (exact) mass is 282 g/mol. The van der Waals surface area contributed by atoms with Gasteiger partial charge < -0.3 is 0 Å². The van der Waals surface area contributed by atoms with Crippen LogP contribution in [0.2, 0.25) is 0 Å². The molecule has 0 aromatic carbocycles. The van der Waals surface area contributed by atoms with E-state index in [0.29, 0.717) is 5.78 Å². The molecule has 0 aliphatic heterocycles. The summed E-state index contributed by atoms with van der Waals surface area (Å²) in [7, 11) is 0. The van der Waals surface area contributed by atoms with Crippen LogP contribution in [0.3, 0.4) is 0 Å². The fourth-order valence-electron chi connectivity index (χ4n) is 3.05. The Balaban J connectivity index is 4.43. The van der Waals surface area contributed by atoms with Gasteiger partial charge in [0.15, 0.2) is 0 Å². The average molecular weight is 283 g/mol. The summed E-state index contributed by atoms with van der Waals surface area (Å²) < 4.78 is 0. The van der Waals surface area contributed by atoms with E-state index in [1.165, 1.54) is 25.7 Å². The topological polar surface area (TPSA) is 17.1 Å². The highest BCUT2D eigenvalue weighted by molar-refractivity contribution is 5.89. The molecule has 0 aliphatic carbocycles. The Morgan fingerprint density at radius 1 is 0.750 bits per heavy atom. The predicted molar refractivity (Wildman–Crippen MR) is 89.9 cm³/mol. The molecular weight excluding hydrogens is 244 g/mol. The first-order valence-electron chi connectivity index (χ1n) is 8.54. The SMILES string of the molecule is CC(C)CCCC(C)(C)C(=O)C(C)(C)CCCC(C)C. The molecular formula is C19H38O. The minimum Gasteiger partial charge on any atom is -0.299 e. The first kappa shape index (κ1) is 19.7. The van der Waals surface area contributed by atoms with Gasteiger partial charge in [-0.15, -0.1) is 0 Å². The van der Waals surface area contributed by atoms with Gasteiger partial charge in [0.1, 0.15) is 5.78 Å². The molecule has 0 fully saturated rings. The van der Waals surface area contributed by atoms with E-state index < -0.39 is 0 Å². The summed E-state index contributed by atoms with van der Waals surface area (Å²) in [4.78, 5) is 12.8. The fourth-order valence-corrected chi connectivity index (χ4v) is 3.05. The Morgan fingerprint density at radius 3 is 1.30 bits per heavy atom. The molecule has 20 heavy (non-hydrogen) atoms. The molecule has 0 spiro atoms. The van der Waals surface area contributed by atoms with Gasteiger partial charge in [0.25, 0.3) is 0 Å². The van der Waals surface area contributed by atoms with Crippen molar-refractivity contribution in [3.63, 3.8) is 0 Å². The maximum Gasteiger partial charge on any atom is 0.144 e. The lowest BCUT2D eigenvalue weighted by Gasteiger charge is -2.34. The van der Waals surface area contributed by atoms with Crippen LogP contribution in [0.4, 0.5) is 0 Å². The van der Waals surface area contributed by atoms with Crippen molar-refractivity contribution in [1.82, 2.24) is 0 Å². The quantitative estimate of drug-likeness (QED) is 0.462. The molecule has 0 heterocycles. The smallest absolute Gasteiger partial charge is 0.144 e. The highest BCUT2D eigenvalue weighted by atomic mass is 16.1. The van der Waals surface area contributed by atoms with Crippen molar-refractivity contribution in [2.75, 3.05) is 0 Å². The second-order valence-electron chi connectivity index (χ2n) is 8.67. The van der Waals surface area contributed by atoms with Crippen LogP contribution >= 0.6 is 0 Å². The summed E-state index contributed by atoms with van der Waals surface area (Å²) in [6.07, 6.45) is 6.83. The van der Waals surface area contributed by atoms with Crippen LogP contribution in [0.1, 0.15) is 93.9 Å². The van der Waals surface area contributed by atoms with Gasteiger partial charge in [0.05, 0.1) is 0 Å². The van der Waals surface area contributed by atoms with Gasteiger partial charge in [-0.05, 0) is 24.7 Å². The molecule has 0 aliphatic rings. The molecule has 0 saturated heterocycles. The van der Waals surface area contributed by atoms with Gasteiger partial charge in [-0.3, -0.25) is 4.79 Å². The Labute approximate surface area is 127 Å². The maximum absolute atomic E-state index is 12.8. The summed E-state index contributed by atoms with van der Waals surface area (Å²) in [5, 5.41) is 0. The van der Waals surface area contributed by atoms with Crippen molar-refractivity contribution in [2.45, 2.75) is 93.9 Å². The van der Waals surface area contributed by atoms with Gasteiger partial charge in [0, 0.05) is 10.8 Å². The van der Waals surface area contributed by atoms with Crippen molar-refractivity contribution in [1.29, 1.82) is 0 Å². The van der Waals surface area contributed by atoms with Crippen molar-refractivity contribution < 1.29 is 4.79 Å². The van der Waals surface area contributed by atoms with Crippen molar-refractivity contribution in [3.05, 3.63) is 0 Å². The number of carbonyl (C=O) groups is 1. The largest absolute Gasteiger partial charge is 0.299 e. The van der Waals surface area contributed by atoms with E-state index in [2.05, 4.69) is 55.4 Å². The van der Waals surface area contributed by atoms with Crippen molar-refractivity contribution in [2.24, 2.45) is 22.7 Å². The molecule has 0 aromatic heterocycles. The maximum atomic E-state index is 12.8. The predicted octanol–water partition coefficient (Wildman–Crippen LogP) is 6.26. The number of hydrogen-bond donors (Lipinski definition) is 0. The molecule has 1 nitrogen and oxygen atoms in total. The molecule has 0 radical (unpaired) electrons. The number of hydrogen-bond acceptors (Lipinski definition) is 1. The van der Waals surface area contributed by atoms with Crippen LogP contribution in [-0.4, -0.2) is 5.78 Å². The molecule has 0 atom stereocenters. The lowest BCUT2D eigenvalue weighted by molar-refractivity contribution is -0.136. The van der Waals surface area contributed by atoms with Crippen LogP contribution in [-0.2, 0) is 4.79 Å². The number of Topliss-reactive ketones (excluding diaryl/α,β-unsaturated/α-hetero) is 1. The van der Waals surface area contributed by atoms with Gasteiger partial charge >= 0.3 is 0 Å². The van der Waals surface area contributed by atoms with E-state index in [4.69, 9.17) is 0 Å². The van der Waals surface area contributed by atoms with E-state index in [0.717, 1.165) is 24.7 Å². The molecule has 0 amide bonds. The second-order valence-corrected chi connectivity index (χ2v) is 8.67. The standard InChI is InChI=1S/C19H38O/c1-15(2)11-9-13-18(5,6)17(20)19(7,8)14-10-12-16(3)4/h15-16H,9-14H2,1-8H3. The van der Waals surface area contributed by atoms with E-state index in [1.54, 1.807) is 0 Å². The van der Waals surface area contributed by atoms with Crippen LogP contribution in [0.15, 0.2) is 0 Å². The van der Waals surface area contributed by atoms with Crippen LogP contribution in [0.5, 0.6) is 0 Å².